The first-order valence-electron chi connectivity index (χ1n) is 9.09. The van der Waals surface area contributed by atoms with Crippen molar-refractivity contribution in [2.45, 2.75) is 19.9 Å². The molecular weight excluding hydrogens is 372 g/mol. The smallest absolute Gasteiger partial charge is 0.248 e. The summed E-state index contributed by atoms with van der Waals surface area (Å²) >= 11 is 0. The molecular formula is C21H24N4O4. The van der Waals surface area contributed by atoms with E-state index in [1.807, 2.05) is 24.6 Å². The second-order valence-corrected chi connectivity index (χ2v) is 6.59. The monoisotopic (exact) mass is 396 g/mol. The number of pyridine rings is 1. The van der Waals surface area contributed by atoms with Crippen LogP contribution in [-0.4, -0.2) is 42.0 Å². The van der Waals surface area contributed by atoms with E-state index in [0.29, 0.717) is 28.5 Å². The van der Waals surface area contributed by atoms with Gasteiger partial charge in [-0.2, -0.15) is 5.10 Å². The Morgan fingerprint density at radius 1 is 1.03 bits per heavy atom. The highest BCUT2D eigenvalue weighted by atomic mass is 16.5. The molecule has 3 rings (SSSR count). The van der Waals surface area contributed by atoms with Gasteiger partial charge < -0.3 is 19.5 Å². The van der Waals surface area contributed by atoms with Crippen LogP contribution in [0.3, 0.4) is 0 Å². The molecule has 0 fully saturated rings. The van der Waals surface area contributed by atoms with E-state index in [-0.39, 0.29) is 11.9 Å². The van der Waals surface area contributed by atoms with Crippen LogP contribution in [0, 0.1) is 0 Å². The summed E-state index contributed by atoms with van der Waals surface area (Å²) in [5.74, 6) is 1.37. The summed E-state index contributed by atoms with van der Waals surface area (Å²) < 4.78 is 17.8. The predicted molar refractivity (Wildman–Crippen MR) is 112 cm³/mol. The van der Waals surface area contributed by atoms with Crippen molar-refractivity contribution >= 4 is 28.7 Å². The molecule has 0 aliphatic heterocycles. The molecule has 2 aromatic heterocycles. The molecule has 0 saturated carbocycles. The third-order valence-electron chi connectivity index (χ3n) is 4.34. The van der Waals surface area contributed by atoms with Crippen LogP contribution in [0.15, 0.2) is 36.7 Å². The van der Waals surface area contributed by atoms with Crippen LogP contribution in [0.2, 0.25) is 0 Å². The van der Waals surface area contributed by atoms with Crippen LogP contribution >= 0.6 is 0 Å². The summed E-state index contributed by atoms with van der Waals surface area (Å²) in [5.41, 5.74) is 2.06. The van der Waals surface area contributed by atoms with Gasteiger partial charge in [0.05, 0.1) is 39.4 Å². The zero-order valence-electron chi connectivity index (χ0n) is 17.1. The lowest BCUT2D eigenvalue weighted by Crippen LogP contribution is -2.08. The van der Waals surface area contributed by atoms with Gasteiger partial charge in [-0.25, -0.2) is 9.67 Å². The van der Waals surface area contributed by atoms with Crippen molar-refractivity contribution in [2.24, 2.45) is 0 Å². The molecule has 0 aliphatic rings. The quantitative estimate of drug-likeness (QED) is 0.613. The molecule has 1 N–H and O–H groups in total. The maximum absolute atomic E-state index is 12.4. The van der Waals surface area contributed by atoms with Gasteiger partial charge in [0, 0.05) is 29.1 Å². The third kappa shape index (κ3) is 4.31. The molecule has 1 aromatic carbocycles. The molecule has 2 heterocycles. The van der Waals surface area contributed by atoms with Crippen molar-refractivity contribution in [1.82, 2.24) is 14.8 Å². The number of amides is 1. The van der Waals surface area contributed by atoms with Crippen molar-refractivity contribution < 1.29 is 19.0 Å². The molecule has 0 spiro atoms. The number of aromatic nitrogens is 3. The molecule has 29 heavy (non-hydrogen) atoms. The average molecular weight is 396 g/mol. The topological polar surface area (TPSA) is 87.5 Å². The second kappa shape index (κ2) is 8.64. The Morgan fingerprint density at radius 3 is 2.38 bits per heavy atom. The Labute approximate surface area is 169 Å². The first-order valence-corrected chi connectivity index (χ1v) is 9.09. The van der Waals surface area contributed by atoms with Crippen LogP contribution < -0.4 is 19.5 Å². The van der Waals surface area contributed by atoms with Gasteiger partial charge in [-0.05, 0) is 32.1 Å². The van der Waals surface area contributed by atoms with Crippen molar-refractivity contribution in [1.29, 1.82) is 0 Å². The number of carbonyl (C=O) groups is 1. The Bertz CT molecular complexity index is 1060. The van der Waals surface area contributed by atoms with E-state index in [0.717, 1.165) is 11.0 Å². The maximum atomic E-state index is 12.4. The fourth-order valence-corrected chi connectivity index (χ4v) is 2.92. The fraction of sp³-hybridized carbons (Fsp3) is 0.286. The molecule has 0 aliphatic carbocycles. The Balaban J connectivity index is 1.78. The van der Waals surface area contributed by atoms with Crippen LogP contribution in [0.25, 0.3) is 17.1 Å². The van der Waals surface area contributed by atoms with E-state index < -0.39 is 0 Å². The molecule has 1 amide bonds. The number of nitrogens with zero attached hydrogens (tertiary/aromatic N) is 3. The van der Waals surface area contributed by atoms with Gasteiger partial charge >= 0.3 is 0 Å². The van der Waals surface area contributed by atoms with E-state index in [9.17, 15) is 4.79 Å². The van der Waals surface area contributed by atoms with Crippen LogP contribution in [0.4, 0.5) is 5.69 Å². The standard InChI is InChI=1S/C21H24N4O4/c1-13(2)25-21-15(11-23-25)8-16(12-22-21)24-20(26)7-6-14-9-18(28-4)19(29-5)10-17(14)27-3/h6-13H,1-5H3,(H,24,26)/b7-6+. The average Bonchev–Trinajstić information content (AvgIpc) is 3.15. The lowest BCUT2D eigenvalue weighted by molar-refractivity contribution is -0.111. The molecule has 0 radical (unpaired) electrons. The van der Waals surface area contributed by atoms with Crippen molar-refractivity contribution in [3.05, 3.63) is 42.2 Å². The van der Waals surface area contributed by atoms with Crippen LogP contribution in [0.1, 0.15) is 25.5 Å². The van der Waals surface area contributed by atoms with Crippen LogP contribution in [0.5, 0.6) is 17.2 Å². The van der Waals surface area contributed by atoms with Crippen LogP contribution in [-0.2, 0) is 4.79 Å². The van der Waals surface area contributed by atoms with Gasteiger partial charge in [0.2, 0.25) is 5.91 Å². The molecule has 0 unspecified atom stereocenters. The Hall–Kier alpha value is -3.55. The molecule has 8 nitrogen and oxygen atoms in total. The van der Waals surface area contributed by atoms with E-state index in [1.54, 1.807) is 51.9 Å². The summed E-state index contributed by atoms with van der Waals surface area (Å²) in [5, 5.41) is 8.00. The number of hydrogen-bond acceptors (Lipinski definition) is 6. The first kappa shape index (κ1) is 20.2. The van der Waals surface area contributed by atoms with Gasteiger partial charge in [0.1, 0.15) is 5.75 Å². The number of ether oxygens (including phenoxy) is 3. The molecule has 0 bridgehead atoms. The summed E-state index contributed by atoms with van der Waals surface area (Å²) in [7, 11) is 4.65. The molecule has 8 heteroatoms. The number of methoxy groups -OCH3 is 3. The molecule has 0 atom stereocenters. The normalized spacial score (nSPS) is 11.2. The SMILES string of the molecule is COc1cc(OC)c(OC)cc1/C=C/C(=O)Nc1cnc2c(cnn2C(C)C)c1. The minimum absolute atomic E-state index is 0.208. The van der Waals surface area contributed by atoms with Crippen molar-refractivity contribution in [2.75, 3.05) is 26.6 Å². The maximum Gasteiger partial charge on any atom is 0.248 e. The van der Waals surface area contributed by atoms with Crippen molar-refractivity contribution in [3.8, 4) is 17.2 Å². The minimum Gasteiger partial charge on any atom is -0.496 e. The third-order valence-corrected chi connectivity index (χ3v) is 4.34. The van der Waals surface area contributed by atoms with Gasteiger partial charge in [-0.3, -0.25) is 4.79 Å². The highest BCUT2D eigenvalue weighted by molar-refractivity contribution is 6.02. The summed E-state index contributed by atoms with van der Waals surface area (Å²) in [6, 6.07) is 5.51. The largest absolute Gasteiger partial charge is 0.496 e. The van der Waals surface area contributed by atoms with E-state index in [1.165, 1.54) is 6.08 Å². The number of fused-ring (bicyclic) bond motifs is 1. The lowest BCUT2D eigenvalue weighted by atomic mass is 10.1. The number of benzene rings is 1. The molecule has 3 aromatic rings. The number of hydrogen-bond donors (Lipinski definition) is 1. The Kier molecular flexibility index (Phi) is 6.01. The van der Waals surface area contributed by atoms with E-state index in [2.05, 4.69) is 15.4 Å². The van der Waals surface area contributed by atoms with Gasteiger partial charge in [-0.1, -0.05) is 0 Å². The van der Waals surface area contributed by atoms with Gasteiger partial charge in [-0.15, -0.1) is 0 Å². The highest BCUT2D eigenvalue weighted by Gasteiger charge is 2.11. The number of anilines is 1. The fourth-order valence-electron chi connectivity index (χ4n) is 2.92. The Morgan fingerprint density at radius 2 is 1.72 bits per heavy atom. The molecule has 152 valence electrons. The zero-order valence-corrected chi connectivity index (χ0v) is 17.1. The number of nitrogens with one attached hydrogen (secondary N) is 1. The summed E-state index contributed by atoms with van der Waals surface area (Å²) in [4.78, 5) is 16.8. The summed E-state index contributed by atoms with van der Waals surface area (Å²) in [6.07, 6.45) is 6.43. The predicted octanol–water partition coefficient (Wildman–Crippen LogP) is 3.69. The van der Waals surface area contributed by atoms with Gasteiger partial charge in [0.25, 0.3) is 0 Å². The van der Waals surface area contributed by atoms with E-state index in [4.69, 9.17) is 14.2 Å². The number of rotatable bonds is 7. The minimum atomic E-state index is -0.292. The lowest BCUT2D eigenvalue weighted by Gasteiger charge is -2.12. The second-order valence-electron chi connectivity index (χ2n) is 6.59. The summed E-state index contributed by atoms with van der Waals surface area (Å²) in [6.45, 7) is 4.08. The van der Waals surface area contributed by atoms with Crippen molar-refractivity contribution in [3.63, 3.8) is 0 Å². The highest BCUT2D eigenvalue weighted by Crippen LogP contribution is 2.35. The number of carbonyl (C=O) groups excluding carboxylic acids is 1. The van der Waals surface area contributed by atoms with E-state index >= 15 is 0 Å². The first-order chi connectivity index (χ1) is 14.0. The molecule has 0 saturated heterocycles. The van der Waals surface area contributed by atoms with Gasteiger partial charge in [0.15, 0.2) is 17.1 Å². The zero-order chi connectivity index (χ0) is 21.0.